The van der Waals surface area contributed by atoms with Crippen LogP contribution in [0.1, 0.15) is 31.4 Å². The lowest BCUT2D eigenvalue weighted by molar-refractivity contribution is -0.122. The van der Waals surface area contributed by atoms with Crippen molar-refractivity contribution in [2.75, 3.05) is 26.0 Å². The number of rotatable bonds is 3. The third-order valence-corrected chi connectivity index (χ3v) is 5.36. The van der Waals surface area contributed by atoms with Crippen molar-refractivity contribution >= 4 is 12.3 Å². The number of anilines is 1. The number of nitrogens with zero attached hydrogens (tertiary/aromatic N) is 5. The summed E-state index contributed by atoms with van der Waals surface area (Å²) in [5, 5.41) is 16.1. The first-order valence-corrected chi connectivity index (χ1v) is 8.20. The molecule has 0 amide bonds. The quantitative estimate of drug-likeness (QED) is 0.841. The summed E-state index contributed by atoms with van der Waals surface area (Å²) < 4.78 is 0. The van der Waals surface area contributed by atoms with Gasteiger partial charge in [-0.2, -0.15) is 5.26 Å². The van der Waals surface area contributed by atoms with Crippen LogP contribution in [0.5, 0.6) is 0 Å². The summed E-state index contributed by atoms with van der Waals surface area (Å²) in [5.74, 6) is 2.38. The van der Waals surface area contributed by atoms with E-state index in [0.29, 0.717) is 11.7 Å². The maximum Gasteiger partial charge on any atom is 0.290 e. The minimum absolute atomic E-state index is 0.250. The SMILES string of the molecule is CN(C)C1C[C@@H]2CC(N(C)c3nccnc3C#N)C[C@@H]2C1.O=CO. The topological polar surface area (TPSA) is 93.4 Å². The molecule has 4 atom stereocenters. The van der Waals surface area contributed by atoms with E-state index < -0.39 is 0 Å². The van der Waals surface area contributed by atoms with Crippen LogP contribution in [0.4, 0.5) is 5.82 Å². The van der Waals surface area contributed by atoms with Crippen molar-refractivity contribution in [3.63, 3.8) is 0 Å². The average Bonchev–Trinajstić information content (AvgIpc) is 3.13. The van der Waals surface area contributed by atoms with E-state index >= 15 is 0 Å². The number of fused-ring (bicyclic) bond motifs is 1. The zero-order valence-corrected chi connectivity index (χ0v) is 14.5. The second-order valence-electron chi connectivity index (χ2n) is 6.79. The molecular weight excluding hydrogens is 306 g/mol. The summed E-state index contributed by atoms with van der Waals surface area (Å²) in [6.07, 6.45) is 8.31. The Morgan fingerprint density at radius 3 is 2.12 bits per heavy atom. The van der Waals surface area contributed by atoms with Gasteiger partial charge in [0.1, 0.15) is 6.07 Å². The standard InChI is InChI=1S/C16H23N5.CH2O2/c1-20(2)13-6-11-8-14(9-12(11)7-13)21(3)16-15(10-17)18-4-5-19-16;2-1-3/h4-5,11-14H,6-9H2,1-3H3;1H,(H,2,3)/t11-,12+,13?,14?;. The normalized spacial score (nSPS) is 27.8. The van der Waals surface area contributed by atoms with Crippen molar-refractivity contribution in [1.82, 2.24) is 14.9 Å². The smallest absolute Gasteiger partial charge is 0.290 e. The average molecular weight is 331 g/mol. The van der Waals surface area contributed by atoms with E-state index in [1.54, 1.807) is 12.4 Å². The molecule has 0 radical (unpaired) electrons. The number of carboxylic acid groups (broad SMARTS) is 1. The molecule has 24 heavy (non-hydrogen) atoms. The van der Waals surface area contributed by atoms with Crippen molar-refractivity contribution in [2.24, 2.45) is 11.8 Å². The van der Waals surface area contributed by atoms with Crippen LogP contribution in [0.3, 0.4) is 0 Å². The molecule has 130 valence electrons. The molecule has 2 aliphatic rings. The van der Waals surface area contributed by atoms with Gasteiger partial charge in [0.05, 0.1) is 0 Å². The zero-order chi connectivity index (χ0) is 17.7. The van der Waals surface area contributed by atoms with Crippen LogP contribution in [0.2, 0.25) is 0 Å². The van der Waals surface area contributed by atoms with Gasteiger partial charge in [0.2, 0.25) is 0 Å². The highest BCUT2D eigenvalue weighted by Gasteiger charge is 2.43. The summed E-state index contributed by atoms with van der Waals surface area (Å²) in [5.41, 5.74) is 0.434. The number of nitriles is 1. The Bertz CT molecular complexity index is 587. The second kappa shape index (κ2) is 8.06. The Morgan fingerprint density at radius 2 is 1.62 bits per heavy atom. The van der Waals surface area contributed by atoms with Gasteiger partial charge in [-0.25, -0.2) is 9.97 Å². The van der Waals surface area contributed by atoms with E-state index in [9.17, 15) is 5.26 Å². The second-order valence-corrected chi connectivity index (χ2v) is 6.79. The van der Waals surface area contributed by atoms with Crippen molar-refractivity contribution in [1.29, 1.82) is 5.26 Å². The lowest BCUT2D eigenvalue weighted by Crippen LogP contribution is -2.33. The summed E-state index contributed by atoms with van der Waals surface area (Å²) >= 11 is 0. The number of hydrogen-bond acceptors (Lipinski definition) is 6. The first-order chi connectivity index (χ1) is 11.5. The van der Waals surface area contributed by atoms with E-state index in [4.69, 9.17) is 9.90 Å². The molecule has 1 heterocycles. The molecule has 2 fully saturated rings. The minimum atomic E-state index is -0.250. The lowest BCUT2D eigenvalue weighted by Gasteiger charge is -2.28. The van der Waals surface area contributed by atoms with Crippen LogP contribution in [-0.2, 0) is 4.79 Å². The predicted molar refractivity (Wildman–Crippen MR) is 90.6 cm³/mol. The van der Waals surface area contributed by atoms with E-state index in [2.05, 4.69) is 47.0 Å². The third kappa shape index (κ3) is 3.82. The first kappa shape index (κ1) is 18.1. The monoisotopic (exact) mass is 331 g/mol. The highest BCUT2D eigenvalue weighted by molar-refractivity contribution is 5.49. The molecule has 1 aromatic rings. The van der Waals surface area contributed by atoms with E-state index in [0.717, 1.165) is 23.7 Å². The molecule has 1 aromatic heterocycles. The van der Waals surface area contributed by atoms with Gasteiger partial charge in [0, 0.05) is 31.5 Å². The molecule has 2 saturated carbocycles. The Morgan fingerprint density at radius 1 is 1.12 bits per heavy atom. The molecule has 0 spiro atoms. The number of aromatic nitrogens is 2. The molecule has 7 heteroatoms. The Labute approximate surface area is 142 Å². The Balaban J connectivity index is 0.000000647. The largest absolute Gasteiger partial charge is 0.483 e. The minimum Gasteiger partial charge on any atom is -0.483 e. The van der Waals surface area contributed by atoms with Crippen LogP contribution in [0.25, 0.3) is 0 Å². The van der Waals surface area contributed by atoms with Crippen LogP contribution in [0.15, 0.2) is 12.4 Å². The van der Waals surface area contributed by atoms with Crippen LogP contribution < -0.4 is 4.90 Å². The number of carbonyl (C=O) groups is 1. The van der Waals surface area contributed by atoms with Crippen molar-refractivity contribution in [2.45, 2.75) is 37.8 Å². The van der Waals surface area contributed by atoms with Gasteiger partial charge in [-0.1, -0.05) is 0 Å². The summed E-state index contributed by atoms with van der Waals surface area (Å²) in [7, 11) is 6.43. The molecule has 1 N–H and O–H groups in total. The molecule has 2 unspecified atom stereocenters. The maximum absolute atomic E-state index is 9.18. The molecule has 3 rings (SSSR count). The van der Waals surface area contributed by atoms with Gasteiger partial charge < -0.3 is 14.9 Å². The molecule has 0 bridgehead atoms. The highest BCUT2D eigenvalue weighted by atomic mass is 16.3. The van der Waals surface area contributed by atoms with Gasteiger partial charge in [-0.05, 0) is 51.6 Å². The predicted octanol–water partition coefficient (Wildman–Crippen LogP) is 1.60. The van der Waals surface area contributed by atoms with Gasteiger partial charge in [-0.3, -0.25) is 4.79 Å². The zero-order valence-electron chi connectivity index (χ0n) is 14.5. The van der Waals surface area contributed by atoms with Crippen molar-refractivity contribution < 1.29 is 9.90 Å². The van der Waals surface area contributed by atoms with Crippen molar-refractivity contribution in [3.8, 4) is 6.07 Å². The summed E-state index contributed by atoms with van der Waals surface area (Å²) in [6.45, 7) is -0.250. The Hall–Kier alpha value is -2.20. The molecule has 0 saturated heterocycles. The fraction of sp³-hybridized carbons (Fsp3) is 0.647. The fourth-order valence-electron chi connectivity index (χ4n) is 4.13. The van der Waals surface area contributed by atoms with Crippen LogP contribution in [0, 0.1) is 23.2 Å². The van der Waals surface area contributed by atoms with Crippen LogP contribution in [-0.4, -0.2) is 59.7 Å². The van der Waals surface area contributed by atoms with Crippen molar-refractivity contribution in [3.05, 3.63) is 18.1 Å². The van der Waals surface area contributed by atoms with E-state index in [1.807, 2.05) is 0 Å². The summed E-state index contributed by atoms with van der Waals surface area (Å²) in [4.78, 5) is 21.4. The van der Waals surface area contributed by atoms with Gasteiger partial charge in [0.25, 0.3) is 6.47 Å². The van der Waals surface area contributed by atoms with E-state index in [1.165, 1.54) is 25.7 Å². The summed E-state index contributed by atoms with van der Waals surface area (Å²) in [6, 6.07) is 3.39. The Kier molecular flexibility index (Phi) is 6.10. The van der Waals surface area contributed by atoms with Gasteiger partial charge in [-0.15, -0.1) is 0 Å². The molecule has 2 aliphatic carbocycles. The first-order valence-electron chi connectivity index (χ1n) is 8.20. The lowest BCUT2D eigenvalue weighted by atomic mass is 10.0. The molecule has 7 nitrogen and oxygen atoms in total. The van der Waals surface area contributed by atoms with E-state index in [-0.39, 0.29) is 6.47 Å². The maximum atomic E-state index is 9.18. The molecule has 0 aromatic carbocycles. The highest BCUT2D eigenvalue weighted by Crippen LogP contribution is 2.47. The third-order valence-electron chi connectivity index (χ3n) is 5.36. The van der Waals surface area contributed by atoms with Crippen LogP contribution >= 0.6 is 0 Å². The fourth-order valence-corrected chi connectivity index (χ4v) is 4.13. The number of hydrogen-bond donors (Lipinski definition) is 1. The molecular formula is C17H25N5O2. The van der Waals surface area contributed by atoms with Gasteiger partial charge in [0.15, 0.2) is 11.5 Å². The molecule has 0 aliphatic heterocycles. The van der Waals surface area contributed by atoms with Gasteiger partial charge >= 0.3 is 0 Å².